The minimum Gasteiger partial charge on any atom is -0.378 e. The molecule has 7 heteroatoms. The van der Waals surface area contributed by atoms with Gasteiger partial charge < -0.3 is 9.64 Å². The van der Waals surface area contributed by atoms with Crippen LogP contribution in [0.25, 0.3) is 16.9 Å². The molecular formula is C18H17N5O2. The molecule has 1 aliphatic rings. The Bertz CT molecular complexity index is 872. The van der Waals surface area contributed by atoms with Crippen LogP contribution in [0, 0.1) is 0 Å². The Kier molecular flexibility index (Phi) is 4.22. The van der Waals surface area contributed by atoms with Gasteiger partial charge in [0.1, 0.15) is 5.69 Å². The molecule has 1 saturated heterocycles. The van der Waals surface area contributed by atoms with E-state index in [1.807, 2.05) is 30.5 Å². The SMILES string of the molecule is O=C(c1cccc(-c2cnn(-c3cccnc3)c2)n1)N1CCOCC1. The Hall–Kier alpha value is -3.06. The lowest BCUT2D eigenvalue weighted by atomic mass is 10.2. The molecule has 0 bridgehead atoms. The highest BCUT2D eigenvalue weighted by molar-refractivity contribution is 5.92. The molecule has 25 heavy (non-hydrogen) atoms. The van der Waals surface area contributed by atoms with Crippen molar-refractivity contribution in [2.75, 3.05) is 26.3 Å². The summed E-state index contributed by atoms with van der Waals surface area (Å²) in [6.07, 6.45) is 7.07. The first-order valence-corrected chi connectivity index (χ1v) is 8.11. The quantitative estimate of drug-likeness (QED) is 0.730. The third kappa shape index (κ3) is 3.27. The van der Waals surface area contributed by atoms with E-state index in [1.165, 1.54) is 0 Å². The van der Waals surface area contributed by atoms with E-state index in [2.05, 4.69) is 15.1 Å². The van der Waals surface area contributed by atoms with Crippen molar-refractivity contribution in [1.82, 2.24) is 24.6 Å². The lowest BCUT2D eigenvalue weighted by Gasteiger charge is -2.26. The van der Waals surface area contributed by atoms with Crippen LogP contribution in [0.3, 0.4) is 0 Å². The summed E-state index contributed by atoms with van der Waals surface area (Å²) in [7, 11) is 0. The largest absolute Gasteiger partial charge is 0.378 e. The van der Waals surface area contributed by atoms with Gasteiger partial charge in [0.25, 0.3) is 5.91 Å². The zero-order valence-corrected chi connectivity index (χ0v) is 13.6. The molecule has 1 fully saturated rings. The summed E-state index contributed by atoms with van der Waals surface area (Å²) >= 11 is 0. The average molecular weight is 335 g/mol. The molecule has 1 amide bonds. The van der Waals surface area contributed by atoms with E-state index < -0.39 is 0 Å². The monoisotopic (exact) mass is 335 g/mol. The number of nitrogens with zero attached hydrogens (tertiary/aromatic N) is 5. The van der Waals surface area contributed by atoms with Crippen molar-refractivity contribution in [3.05, 3.63) is 60.8 Å². The first-order valence-electron chi connectivity index (χ1n) is 8.11. The average Bonchev–Trinajstić information content (AvgIpc) is 3.19. The normalized spacial score (nSPS) is 14.5. The van der Waals surface area contributed by atoms with Crippen LogP contribution in [0.5, 0.6) is 0 Å². The molecule has 0 radical (unpaired) electrons. The molecule has 126 valence electrons. The van der Waals surface area contributed by atoms with Crippen molar-refractivity contribution in [3.63, 3.8) is 0 Å². The highest BCUT2D eigenvalue weighted by Gasteiger charge is 2.20. The summed E-state index contributed by atoms with van der Waals surface area (Å²) in [6.45, 7) is 2.35. The molecule has 0 N–H and O–H groups in total. The highest BCUT2D eigenvalue weighted by Crippen LogP contribution is 2.19. The van der Waals surface area contributed by atoms with Gasteiger partial charge in [-0.2, -0.15) is 5.10 Å². The fraction of sp³-hybridized carbons (Fsp3) is 0.222. The second kappa shape index (κ2) is 6.82. The molecular weight excluding hydrogens is 318 g/mol. The minimum atomic E-state index is -0.0650. The maximum atomic E-state index is 12.6. The maximum Gasteiger partial charge on any atom is 0.272 e. The van der Waals surface area contributed by atoms with E-state index >= 15 is 0 Å². The second-order valence-electron chi connectivity index (χ2n) is 5.70. The third-order valence-electron chi connectivity index (χ3n) is 4.06. The lowest BCUT2D eigenvalue weighted by molar-refractivity contribution is 0.0299. The summed E-state index contributed by atoms with van der Waals surface area (Å²) < 4.78 is 7.03. The number of hydrogen-bond donors (Lipinski definition) is 0. The number of aromatic nitrogens is 4. The zero-order chi connectivity index (χ0) is 17.1. The van der Waals surface area contributed by atoms with Gasteiger partial charge in [0.05, 0.1) is 37.0 Å². The van der Waals surface area contributed by atoms with Gasteiger partial charge in [0.15, 0.2) is 0 Å². The van der Waals surface area contributed by atoms with Gasteiger partial charge in [0.2, 0.25) is 0 Å². The van der Waals surface area contributed by atoms with E-state index in [-0.39, 0.29) is 5.91 Å². The van der Waals surface area contributed by atoms with Crippen molar-refractivity contribution < 1.29 is 9.53 Å². The van der Waals surface area contributed by atoms with Crippen LogP contribution in [0.4, 0.5) is 0 Å². The second-order valence-corrected chi connectivity index (χ2v) is 5.70. The van der Waals surface area contributed by atoms with Gasteiger partial charge in [-0.1, -0.05) is 6.07 Å². The number of hydrogen-bond acceptors (Lipinski definition) is 5. The summed E-state index contributed by atoms with van der Waals surface area (Å²) in [5.74, 6) is -0.0650. The van der Waals surface area contributed by atoms with Gasteiger partial charge in [0, 0.05) is 31.0 Å². The molecule has 0 atom stereocenters. The van der Waals surface area contributed by atoms with Gasteiger partial charge in [-0.15, -0.1) is 0 Å². The molecule has 1 aliphatic heterocycles. The van der Waals surface area contributed by atoms with E-state index in [9.17, 15) is 4.79 Å². The fourth-order valence-electron chi connectivity index (χ4n) is 2.73. The summed E-state index contributed by atoms with van der Waals surface area (Å²) in [4.78, 5) is 23.0. The molecule has 3 aromatic heterocycles. The van der Waals surface area contributed by atoms with Crippen molar-refractivity contribution in [2.24, 2.45) is 0 Å². The molecule has 4 rings (SSSR count). The van der Waals surface area contributed by atoms with Crippen molar-refractivity contribution in [2.45, 2.75) is 0 Å². The Morgan fingerprint density at radius 3 is 2.76 bits per heavy atom. The van der Waals surface area contributed by atoms with Gasteiger partial charge in [-0.05, 0) is 24.3 Å². The zero-order valence-electron chi connectivity index (χ0n) is 13.6. The number of amides is 1. The van der Waals surface area contributed by atoms with Gasteiger partial charge in [-0.3, -0.25) is 9.78 Å². The third-order valence-corrected chi connectivity index (χ3v) is 4.06. The molecule has 4 heterocycles. The van der Waals surface area contributed by atoms with E-state index in [0.29, 0.717) is 37.7 Å². The summed E-state index contributed by atoms with van der Waals surface area (Å²) in [5, 5.41) is 4.35. The predicted octanol–water partition coefficient (Wildman–Crippen LogP) is 1.80. The minimum absolute atomic E-state index is 0.0650. The first-order chi connectivity index (χ1) is 12.3. The Morgan fingerprint density at radius 1 is 1.08 bits per heavy atom. The molecule has 3 aromatic rings. The Balaban J connectivity index is 1.59. The number of carbonyl (C=O) groups is 1. The number of ether oxygens (including phenoxy) is 1. The van der Waals surface area contributed by atoms with Crippen LogP contribution in [0.15, 0.2) is 55.1 Å². The molecule has 0 spiro atoms. The van der Waals surface area contributed by atoms with Gasteiger partial charge in [-0.25, -0.2) is 9.67 Å². The Morgan fingerprint density at radius 2 is 1.96 bits per heavy atom. The lowest BCUT2D eigenvalue weighted by Crippen LogP contribution is -2.41. The molecule has 0 unspecified atom stereocenters. The molecule has 7 nitrogen and oxygen atoms in total. The first kappa shape index (κ1) is 15.5. The predicted molar refractivity (Wildman–Crippen MR) is 91.3 cm³/mol. The van der Waals surface area contributed by atoms with Crippen LogP contribution < -0.4 is 0 Å². The number of morpholine rings is 1. The molecule has 0 saturated carbocycles. The van der Waals surface area contributed by atoms with Gasteiger partial charge >= 0.3 is 0 Å². The van der Waals surface area contributed by atoms with Crippen molar-refractivity contribution in [3.8, 4) is 16.9 Å². The van der Waals surface area contributed by atoms with Crippen molar-refractivity contribution in [1.29, 1.82) is 0 Å². The summed E-state index contributed by atoms with van der Waals surface area (Å²) in [5.41, 5.74) is 2.87. The standard InChI is InChI=1S/C18H17N5O2/c24-18(22-7-9-25-10-8-22)17-5-1-4-16(21-17)14-11-20-23(13-14)15-3-2-6-19-12-15/h1-6,11-13H,7-10H2. The van der Waals surface area contributed by atoms with Crippen LogP contribution in [0.1, 0.15) is 10.5 Å². The number of rotatable bonds is 3. The Labute approximate surface area is 144 Å². The smallest absolute Gasteiger partial charge is 0.272 e. The fourth-order valence-corrected chi connectivity index (χ4v) is 2.73. The summed E-state index contributed by atoms with van der Waals surface area (Å²) in [6, 6.07) is 9.25. The van der Waals surface area contributed by atoms with E-state index in [1.54, 1.807) is 34.2 Å². The van der Waals surface area contributed by atoms with Crippen LogP contribution in [-0.2, 0) is 4.74 Å². The van der Waals surface area contributed by atoms with Crippen molar-refractivity contribution >= 4 is 5.91 Å². The number of carbonyl (C=O) groups excluding carboxylic acids is 1. The number of pyridine rings is 2. The van der Waals surface area contributed by atoms with Crippen LogP contribution in [-0.4, -0.2) is 56.9 Å². The van der Waals surface area contributed by atoms with Crippen LogP contribution in [0.2, 0.25) is 0 Å². The van der Waals surface area contributed by atoms with E-state index in [0.717, 1.165) is 11.3 Å². The van der Waals surface area contributed by atoms with Crippen LogP contribution >= 0.6 is 0 Å². The maximum absolute atomic E-state index is 12.6. The van der Waals surface area contributed by atoms with E-state index in [4.69, 9.17) is 4.74 Å². The topological polar surface area (TPSA) is 73.1 Å². The highest BCUT2D eigenvalue weighted by atomic mass is 16.5. The molecule has 0 aromatic carbocycles. The molecule has 0 aliphatic carbocycles.